The minimum Gasteiger partial charge on any atom is -0.343 e. The van der Waals surface area contributed by atoms with E-state index in [0.717, 1.165) is 12.8 Å². The predicted octanol–water partition coefficient (Wildman–Crippen LogP) is 3.02. The Balaban J connectivity index is 1.67. The van der Waals surface area contributed by atoms with Crippen LogP contribution in [0, 0.1) is 23.2 Å². The topological polar surface area (TPSA) is 121 Å². The molecule has 0 radical (unpaired) electrons. The number of nitrogens with zero attached hydrogens (tertiary/aromatic N) is 1. The first-order chi connectivity index (χ1) is 15.7. The lowest BCUT2D eigenvalue weighted by Gasteiger charge is -2.30. The molecule has 1 aliphatic carbocycles. The van der Waals surface area contributed by atoms with E-state index >= 15 is 0 Å². The molecule has 0 saturated heterocycles. The van der Waals surface area contributed by atoms with E-state index in [2.05, 4.69) is 5.32 Å². The lowest BCUT2D eigenvalue weighted by atomic mass is 9.80. The van der Waals surface area contributed by atoms with Gasteiger partial charge in [0.05, 0.1) is 28.2 Å². The monoisotopic (exact) mass is 488 g/mol. The van der Waals surface area contributed by atoms with Crippen LogP contribution in [-0.2, 0) is 36.0 Å². The molecule has 1 N–H and O–H groups in total. The van der Waals surface area contributed by atoms with Crippen molar-refractivity contribution in [3.63, 3.8) is 0 Å². The summed E-state index contributed by atoms with van der Waals surface area (Å²) < 4.78 is 51.1. The summed E-state index contributed by atoms with van der Waals surface area (Å²) in [6, 6.07) is 16.7. The Hall–Kier alpha value is -2.70. The fourth-order valence-corrected chi connectivity index (χ4v) is 7.52. The summed E-state index contributed by atoms with van der Waals surface area (Å²) in [7, 11) is -7.05. The van der Waals surface area contributed by atoms with Crippen LogP contribution in [0.3, 0.4) is 0 Å². The van der Waals surface area contributed by atoms with E-state index < -0.39 is 25.6 Å². The molecule has 0 aromatic heterocycles. The molecule has 2 aromatic carbocycles. The standard InChI is InChI=1S/C24H28N2O5S2/c25-14-15-26-24(27)23-9-5-4-8-21(23)18-33(30,31)22-12-10-20(11-13-22)17-32(28,29)16-19-6-2-1-3-7-19/h1-3,6-7,10-13,21,23H,4-5,8-9,15-18H2,(H,26,27)/t21-,23+/m0/s1. The molecule has 1 saturated carbocycles. The van der Waals surface area contributed by atoms with Gasteiger partial charge in [0.2, 0.25) is 5.91 Å². The third-order valence-electron chi connectivity index (χ3n) is 5.92. The van der Waals surface area contributed by atoms with Gasteiger partial charge < -0.3 is 5.32 Å². The fourth-order valence-electron chi connectivity index (χ4n) is 4.31. The first-order valence-corrected chi connectivity index (χ1v) is 14.4. The molecular formula is C24H28N2O5S2. The molecule has 0 heterocycles. The van der Waals surface area contributed by atoms with Gasteiger partial charge >= 0.3 is 0 Å². The number of rotatable bonds is 9. The molecule has 1 amide bonds. The number of benzene rings is 2. The Kier molecular flexibility index (Phi) is 8.27. The summed E-state index contributed by atoms with van der Waals surface area (Å²) in [5.41, 5.74) is 1.23. The van der Waals surface area contributed by atoms with Crippen LogP contribution in [0.25, 0.3) is 0 Å². The Bertz CT molecular complexity index is 1200. The third-order valence-corrected chi connectivity index (χ3v) is 9.32. The number of nitriles is 1. The lowest BCUT2D eigenvalue weighted by molar-refractivity contribution is -0.127. The van der Waals surface area contributed by atoms with Crippen molar-refractivity contribution in [3.8, 4) is 6.07 Å². The van der Waals surface area contributed by atoms with Gasteiger partial charge in [-0.15, -0.1) is 0 Å². The van der Waals surface area contributed by atoms with Crippen LogP contribution in [-0.4, -0.2) is 35.0 Å². The van der Waals surface area contributed by atoms with Crippen molar-refractivity contribution in [1.82, 2.24) is 5.32 Å². The highest BCUT2D eigenvalue weighted by Gasteiger charge is 2.34. The molecule has 7 nitrogen and oxygen atoms in total. The van der Waals surface area contributed by atoms with Crippen molar-refractivity contribution in [1.29, 1.82) is 5.26 Å². The van der Waals surface area contributed by atoms with Gasteiger partial charge in [0.1, 0.15) is 6.54 Å². The minimum atomic E-state index is -3.65. The summed E-state index contributed by atoms with van der Waals surface area (Å²) in [5, 5.41) is 11.2. The Morgan fingerprint density at radius 1 is 0.909 bits per heavy atom. The van der Waals surface area contributed by atoms with E-state index in [-0.39, 0.29) is 40.5 Å². The second kappa shape index (κ2) is 10.9. The molecule has 0 bridgehead atoms. The van der Waals surface area contributed by atoms with E-state index in [1.54, 1.807) is 24.3 Å². The highest BCUT2D eigenvalue weighted by atomic mass is 32.2. The molecular weight excluding hydrogens is 460 g/mol. The van der Waals surface area contributed by atoms with E-state index in [1.807, 2.05) is 12.1 Å². The number of hydrogen-bond donors (Lipinski definition) is 1. The van der Waals surface area contributed by atoms with Crippen molar-refractivity contribution in [2.75, 3.05) is 12.3 Å². The second-order valence-electron chi connectivity index (χ2n) is 8.47. The number of amides is 1. The van der Waals surface area contributed by atoms with E-state index in [0.29, 0.717) is 24.0 Å². The van der Waals surface area contributed by atoms with Gasteiger partial charge in [0.25, 0.3) is 0 Å². The van der Waals surface area contributed by atoms with E-state index in [1.165, 1.54) is 24.3 Å². The highest BCUT2D eigenvalue weighted by molar-refractivity contribution is 7.91. The van der Waals surface area contributed by atoms with Crippen molar-refractivity contribution >= 4 is 25.6 Å². The zero-order valence-electron chi connectivity index (χ0n) is 18.3. The zero-order chi connectivity index (χ0) is 23.9. The van der Waals surface area contributed by atoms with Crippen molar-refractivity contribution in [2.45, 2.75) is 42.1 Å². The van der Waals surface area contributed by atoms with E-state index in [4.69, 9.17) is 5.26 Å². The number of carbonyl (C=O) groups is 1. The summed E-state index contributed by atoms with van der Waals surface area (Å²) in [6.07, 6.45) is 2.96. The molecule has 1 aliphatic rings. The van der Waals surface area contributed by atoms with Crippen molar-refractivity contribution in [2.24, 2.45) is 11.8 Å². The van der Waals surface area contributed by atoms with Gasteiger partial charge in [-0.2, -0.15) is 5.26 Å². The summed E-state index contributed by atoms with van der Waals surface area (Å²) in [4.78, 5) is 12.5. The summed E-state index contributed by atoms with van der Waals surface area (Å²) >= 11 is 0. The van der Waals surface area contributed by atoms with Gasteiger partial charge in [-0.05, 0) is 42.0 Å². The lowest BCUT2D eigenvalue weighted by Crippen LogP contribution is -2.39. The maximum absolute atomic E-state index is 13.0. The Morgan fingerprint density at radius 3 is 2.15 bits per heavy atom. The van der Waals surface area contributed by atoms with Crippen LogP contribution in [0.2, 0.25) is 0 Å². The van der Waals surface area contributed by atoms with Gasteiger partial charge in [-0.1, -0.05) is 55.3 Å². The molecule has 0 spiro atoms. The van der Waals surface area contributed by atoms with Crippen LogP contribution in [0.1, 0.15) is 36.8 Å². The number of sulfone groups is 2. The average molecular weight is 489 g/mol. The molecule has 0 aliphatic heterocycles. The number of hydrogen-bond acceptors (Lipinski definition) is 6. The van der Waals surface area contributed by atoms with Crippen LogP contribution in [0.4, 0.5) is 0 Å². The molecule has 2 aromatic rings. The zero-order valence-corrected chi connectivity index (χ0v) is 19.9. The minimum absolute atomic E-state index is 0.0785. The van der Waals surface area contributed by atoms with Gasteiger partial charge in [-0.3, -0.25) is 4.79 Å². The first kappa shape index (κ1) is 24.9. The Morgan fingerprint density at radius 2 is 1.52 bits per heavy atom. The summed E-state index contributed by atoms with van der Waals surface area (Å²) in [6.45, 7) is -0.0938. The normalized spacial score (nSPS) is 18.9. The maximum Gasteiger partial charge on any atom is 0.224 e. The Labute approximate surface area is 195 Å². The van der Waals surface area contributed by atoms with Gasteiger partial charge in [0, 0.05) is 5.92 Å². The number of carbonyl (C=O) groups excluding carboxylic acids is 1. The quantitative estimate of drug-likeness (QED) is 0.542. The average Bonchev–Trinajstić information content (AvgIpc) is 2.78. The van der Waals surface area contributed by atoms with Crippen molar-refractivity contribution < 1.29 is 21.6 Å². The highest BCUT2D eigenvalue weighted by Crippen LogP contribution is 2.32. The van der Waals surface area contributed by atoms with Crippen molar-refractivity contribution in [3.05, 3.63) is 65.7 Å². The van der Waals surface area contributed by atoms with Crippen LogP contribution < -0.4 is 5.32 Å². The largest absolute Gasteiger partial charge is 0.343 e. The molecule has 2 atom stereocenters. The molecule has 3 rings (SSSR count). The smallest absolute Gasteiger partial charge is 0.224 e. The SMILES string of the molecule is N#CCNC(=O)[C@@H]1CCCC[C@H]1CS(=O)(=O)c1ccc(CS(=O)(=O)Cc2ccccc2)cc1. The number of nitrogens with one attached hydrogen (secondary N) is 1. The van der Waals surface area contributed by atoms with Gasteiger partial charge in [0.15, 0.2) is 19.7 Å². The van der Waals surface area contributed by atoms with Gasteiger partial charge in [-0.25, -0.2) is 16.8 Å². The molecule has 9 heteroatoms. The third kappa shape index (κ3) is 7.14. The second-order valence-corrected chi connectivity index (χ2v) is 12.6. The molecule has 0 unspecified atom stereocenters. The fraction of sp³-hybridized carbons (Fsp3) is 0.417. The summed E-state index contributed by atoms with van der Waals surface area (Å²) in [5.74, 6) is -1.41. The molecule has 176 valence electrons. The first-order valence-electron chi connectivity index (χ1n) is 10.9. The maximum atomic E-state index is 13.0. The predicted molar refractivity (Wildman–Crippen MR) is 125 cm³/mol. The van der Waals surface area contributed by atoms with Crippen LogP contribution >= 0.6 is 0 Å². The van der Waals surface area contributed by atoms with Crippen LogP contribution in [0.5, 0.6) is 0 Å². The van der Waals surface area contributed by atoms with Crippen LogP contribution in [0.15, 0.2) is 59.5 Å². The molecule has 33 heavy (non-hydrogen) atoms. The van der Waals surface area contributed by atoms with E-state index in [9.17, 15) is 21.6 Å². The molecule has 1 fully saturated rings.